The number of imide groups is 1. The summed E-state index contributed by atoms with van der Waals surface area (Å²) in [5, 5.41) is 2.20. The molecule has 0 aromatic rings. The summed E-state index contributed by atoms with van der Waals surface area (Å²) in [4.78, 5) is 23.3. The summed E-state index contributed by atoms with van der Waals surface area (Å²) in [7, 11) is 0. The minimum Gasteiger partial charge on any atom is -0.285 e. The van der Waals surface area contributed by atoms with E-state index >= 15 is 0 Å². The average Bonchev–Trinajstić information content (AvgIpc) is 2.30. The molecule has 4 nitrogen and oxygen atoms in total. The van der Waals surface area contributed by atoms with Crippen LogP contribution in [-0.2, 0) is 4.79 Å². The third kappa shape index (κ3) is 0.756. The number of allylic oxidation sites excluding steroid dienone is 2. The van der Waals surface area contributed by atoms with E-state index in [9.17, 15) is 9.59 Å². The Labute approximate surface area is 63.2 Å². The van der Waals surface area contributed by atoms with Crippen LogP contribution in [0, 0.1) is 0 Å². The second-order valence-corrected chi connectivity index (χ2v) is 2.37. The summed E-state index contributed by atoms with van der Waals surface area (Å²) in [5.41, 5.74) is 0. The monoisotopic (exact) mass is 150 g/mol. The Hall–Kier alpha value is -1.58. The molecular weight excluding hydrogens is 144 g/mol. The topological polar surface area (TPSA) is 49.4 Å². The highest BCUT2D eigenvalue weighted by molar-refractivity contribution is 6.05. The van der Waals surface area contributed by atoms with Gasteiger partial charge in [-0.1, -0.05) is 12.2 Å². The summed E-state index contributed by atoms with van der Waals surface area (Å²) in [5.74, 6) is -0.254. The van der Waals surface area contributed by atoms with Crippen molar-refractivity contribution in [1.82, 2.24) is 10.2 Å². The van der Waals surface area contributed by atoms with Crippen molar-refractivity contribution in [3.8, 4) is 0 Å². The number of rotatable bonds is 0. The van der Waals surface area contributed by atoms with Gasteiger partial charge in [0.2, 0.25) is 0 Å². The Morgan fingerprint density at radius 3 is 2.91 bits per heavy atom. The number of urea groups is 1. The highest BCUT2D eigenvalue weighted by atomic mass is 16.2. The number of carbonyl (C=O) groups is 2. The van der Waals surface area contributed by atoms with Gasteiger partial charge in [0.15, 0.2) is 0 Å². The highest BCUT2D eigenvalue weighted by Gasteiger charge is 2.35. The predicted molar refractivity (Wildman–Crippen MR) is 37.4 cm³/mol. The van der Waals surface area contributed by atoms with Gasteiger partial charge in [-0.15, -0.1) is 0 Å². The molecule has 1 atom stereocenters. The number of carbonyl (C=O) groups excluding carboxylic acids is 2. The van der Waals surface area contributed by atoms with Gasteiger partial charge in [0.05, 0.1) is 0 Å². The maximum atomic E-state index is 11.0. The summed E-state index contributed by atoms with van der Waals surface area (Å²) < 4.78 is 0. The normalized spacial score (nSPS) is 27.3. The molecule has 0 aromatic heterocycles. The van der Waals surface area contributed by atoms with Gasteiger partial charge in [-0.05, 0) is 6.08 Å². The molecule has 1 unspecified atom stereocenters. The Kier molecular flexibility index (Phi) is 1.09. The third-order valence-electron chi connectivity index (χ3n) is 1.68. The summed E-state index contributed by atoms with van der Waals surface area (Å²) in [6.07, 6.45) is 6.74. The third-order valence-corrected chi connectivity index (χ3v) is 1.68. The smallest absolute Gasteiger partial charge is 0.285 e. The van der Waals surface area contributed by atoms with Gasteiger partial charge in [0, 0.05) is 6.20 Å². The number of fused-ring (bicyclic) bond motifs is 1. The molecule has 3 amide bonds. The van der Waals surface area contributed by atoms with E-state index in [1.807, 2.05) is 0 Å². The van der Waals surface area contributed by atoms with Crippen LogP contribution in [-0.4, -0.2) is 22.9 Å². The van der Waals surface area contributed by atoms with E-state index in [1.54, 1.807) is 24.4 Å². The van der Waals surface area contributed by atoms with Crippen molar-refractivity contribution in [2.75, 3.05) is 0 Å². The highest BCUT2D eigenvalue weighted by Crippen LogP contribution is 2.13. The molecule has 1 saturated heterocycles. The molecule has 0 aromatic carbocycles. The molecule has 0 radical (unpaired) electrons. The first-order valence-electron chi connectivity index (χ1n) is 3.27. The van der Waals surface area contributed by atoms with Gasteiger partial charge in [0.25, 0.3) is 5.91 Å². The maximum Gasteiger partial charge on any atom is 0.329 e. The molecule has 2 aliphatic heterocycles. The van der Waals surface area contributed by atoms with Crippen LogP contribution in [0.4, 0.5) is 4.79 Å². The quantitative estimate of drug-likeness (QED) is 0.494. The maximum absolute atomic E-state index is 11.0. The van der Waals surface area contributed by atoms with Crippen molar-refractivity contribution in [1.29, 1.82) is 0 Å². The van der Waals surface area contributed by atoms with Crippen LogP contribution in [0.5, 0.6) is 0 Å². The zero-order valence-corrected chi connectivity index (χ0v) is 5.65. The minimum absolute atomic E-state index is 0.254. The van der Waals surface area contributed by atoms with Crippen LogP contribution < -0.4 is 5.32 Å². The number of nitrogens with one attached hydrogen (secondary N) is 1. The molecule has 2 aliphatic rings. The SMILES string of the molecule is O=C1NC(=O)N2C=CC=CC12. The fourth-order valence-corrected chi connectivity index (χ4v) is 1.15. The van der Waals surface area contributed by atoms with Crippen LogP contribution >= 0.6 is 0 Å². The van der Waals surface area contributed by atoms with E-state index in [4.69, 9.17) is 0 Å². The molecule has 56 valence electrons. The van der Waals surface area contributed by atoms with E-state index in [0.717, 1.165) is 0 Å². The number of hydrogen-bond donors (Lipinski definition) is 1. The Morgan fingerprint density at radius 2 is 2.18 bits per heavy atom. The number of nitrogens with zero attached hydrogens (tertiary/aromatic N) is 1. The molecule has 11 heavy (non-hydrogen) atoms. The average molecular weight is 150 g/mol. The lowest BCUT2D eigenvalue weighted by Gasteiger charge is -2.15. The molecule has 0 saturated carbocycles. The molecule has 1 fully saturated rings. The van der Waals surface area contributed by atoms with Crippen molar-refractivity contribution in [2.45, 2.75) is 6.04 Å². The van der Waals surface area contributed by atoms with Crippen molar-refractivity contribution >= 4 is 11.9 Å². The summed E-state index contributed by atoms with van der Waals surface area (Å²) >= 11 is 0. The van der Waals surface area contributed by atoms with Gasteiger partial charge in [-0.3, -0.25) is 15.0 Å². The number of amides is 3. The summed E-state index contributed by atoms with van der Waals surface area (Å²) in [6.45, 7) is 0. The lowest BCUT2D eigenvalue weighted by molar-refractivity contribution is -0.120. The van der Waals surface area contributed by atoms with Crippen molar-refractivity contribution in [3.05, 3.63) is 24.4 Å². The molecule has 0 aliphatic carbocycles. The molecule has 0 bridgehead atoms. The number of hydrogen-bond acceptors (Lipinski definition) is 2. The molecule has 0 spiro atoms. The van der Waals surface area contributed by atoms with Crippen LogP contribution in [0.2, 0.25) is 0 Å². The van der Waals surface area contributed by atoms with Gasteiger partial charge < -0.3 is 0 Å². The minimum atomic E-state index is -0.424. The molecular formula is C7H6N2O2. The van der Waals surface area contributed by atoms with Crippen LogP contribution in [0.1, 0.15) is 0 Å². The van der Waals surface area contributed by atoms with Crippen molar-refractivity contribution in [3.63, 3.8) is 0 Å². The first-order chi connectivity index (χ1) is 5.29. The molecule has 4 heteroatoms. The predicted octanol–water partition coefficient (Wildman–Crippen LogP) is -0.00970. The van der Waals surface area contributed by atoms with E-state index in [-0.39, 0.29) is 11.9 Å². The Morgan fingerprint density at radius 1 is 1.36 bits per heavy atom. The van der Waals surface area contributed by atoms with E-state index < -0.39 is 6.04 Å². The zero-order chi connectivity index (χ0) is 7.84. The van der Waals surface area contributed by atoms with E-state index in [2.05, 4.69) is 5.32 Å². The molecule has 2 heterocycles. The second kappa shape index (κ2) is 1.95. The first-order valence-corrected chi connectivity index (χ1v) is 3.27. The second-order valence-electron chi connectivity index (χ2n) is 2.37. The standard InChI is InChI=1S/C7H6N2O2/c10-6-5-3-1-2-4-9(5)7(11)8-6/h1-5H,(H,8,10,11). The van der Waals surface area contributed by atoms with Crippen LogP contribution in [0.25, 0.3) is 0 Å². The lowest BCUT2D eigenvalue weighted by atomic mass is 10.2. The molecule has 2 rings (SSSR count). The van der Waals surface area contributed by atoms with Gasteiger partial charge in [0.1, 0.15) is 6.04 Å². The van der Waals surface area contributed by atoms with Gasteiger partial charge in [-0.2, -0.15) is 0 Å². The van der Waals surface area contributed by atoms with Gasteiger partial charge >= 0.3 is 6.03 Å². The Balaban J connectivity index is 2.37. The molecule has 1 N–H and O–H groups in total. The fraction of sp³-hybridized carbons (Fsp3) is 0.143. The largest absolute Gasteiger partial charge is 0.329 e. The lowest BCUT2D eigenvalue weighted by Crippen LogP contribution is -2.29. The summed E-state index contributed by atoms with van der Waals surface area (Å²) in [6, 6.07) is -0.770. The van der Waals surface area contributed by atoms with Crippen LogP contribution in [0.15, 0.2) is 24.4 Å². The van der Waals surface area contributed by atoms with E-state index in [1.165, 1.54) is 4.90 Å². The van der Waals surface area contributed by atoms with Crippen molar-refractivity contribution in [2.24, 2.45) is 0 Å². The van der Waals surface area contributed by atoms with E-state index in [0.29, 0.717) is 0 Å². The Bertz CT molecular complexity index is 252. The van der Waals surface area contributed by atoms with Gasteiger partial charge in [-0.25, -0.2) is 4.79 Å². The fourth-order valence-electron chi connectivity index (χ4n) is 1.15. The van der Waals surface area contributed by atoms with Crippen LogP contribution in [0.3, 0.4) is 0 Å². The zero-order valence-electron chi connectivity index (χ0n) is 5.65. The van der Waals surface area contributed by atoms with Crippen molar-refractivity contribution < 1.29 is 9.59 Å². The first kappa shape index (κ1) is 6.15.